The minimum absolute atomic E-state index is 0.0751. The van der Waals surface area contributed by atoms with E-state index < -0.39 is 0 Å². The molecule has 0 saturated carbocycles. The minimum Gasteiger partial charge on any atom is -0.352 e. The number of aryl methyl sites for hydroxylation is 3. The van der Waals surface area contributed by atoms with Crippen molar-refractivity contribution in [3.8, 4) is 0 Å². The van der Waals surface area contributed by atoms with E-state index >= 15 is 0 Å². The summed E-state index contributed by atoms with van der Waals surface area (Å²) in [4.78, 5) is 16.5. The highest BCUT2D eigenvalue weighted by Crippen LogP contribution is 2.16. The molecule has 0 unspecified atom stereocenters. The van der Waals surface area contributed by atoms with E-state index in [1.165, 1.54) is 5.56 Å². The maximum absolute atomic E-state index is 12.0. The first-order chi connectivity index (χ1) is 11.1. The third kappa shape index (κ3) is 3.59. The zero-order chi connectivity index (χ0) is 16.2. The van der Waals surface area contributed by atoms with E-state index in [-0.39, 0.29) is 5.91 Å². The number of aromatic nitrogens is 2. The monoisotopic (exact) mass is 307 g/mol. The summed E-state index contributed by atoms with van der Waals surface area (Å²) in [6.07, 6.45) is 1.28. The fourth-order valence-electron chi connectivity index (χ4n) is 2.67. The van der Waals surface area contributed by atoms with Gasteiger partial charge in [0.25, 0.3) is 0 Å². The molecule has 1 heterocycles. The Kier molecular flexibility index (Phi) is 4.42. The molecular formula is C19H21N3O. The first kappa shape index (κ1) is 15.3. The number of amides is 1. The molecule has 3 aromatic rings. The number of carbonyl (C=O) groups excluding carboxylic acids is 1. The molecule has 2 aromatic carbocycles. The van der Waals surface area contributed by atoms with Crippen LogP contribution in [-0.2, 0) is 24.8 Å². The molecular weight excluding hydrogens is 286 g/mol. The molecule has 0 aliphatic heterocycles. The third-order valence-corrected chi connectivity index (χ3v) is 4.14. The zero-order valence-corrected chi connectivity index (χ0v) is 13.5. The molecule has 0 fully saturated rings. The van der Waals surface area contributed by atoms with Gasteiger partial charge in [-0.3, -0.25) is 4.79 Å². The topological polar surface area (TPSA) is 46.9 Å². The zero-order valence-electron chi connectivity index (χ0n) is 13.5. The maximum Gasteiger partial charge on any atom is 0.220 e. The van der Waals surface area contributed by atoms with Crippen LogP contribution in [0.1, 0.15) is 23.4 Å². The summed E-state index contributed by atoms with van der Waals surface area (Å²) in [7, 11) is 2.01. The van der Waals surface area contributed by atoms with Crippen LogP contribution in [0.25, 0.3) is 11.0 Å². The first-order valence-electron chi connectivity index (χ1n) is 7.86. The van der Waals surface area contributed by atoms with Crippen LogP contribution < -0.4 is 5.32 Å². The lowest BCUT2D eigenvalue weighted by atomic mass is 10.1. The highest BCUT2D eigenvalue weighted by molar-refractivity contribution is 5.78. The van der Waals surface area contributed by atoms with Crippen LogP contribution in [0.3, 0.4) is 0 Å². The summed E-state index contributed by atoms with van der Waals surface area (Å²) in [6.45, 7) is 2.53. The molecule has 1 amide bonds. The van der Waals surface area contributed by atoms with Gasteiger partial charge in [-0.25, -0.2) is 4.98 Å². The summed E-state index contributed by atoms with van der Waals surface area (Å²) in [6, 6.07) is 16.2. The van der Waals surface area contributed by atoms with Crippen LogP contribution in [-0.4, -0.2) is 15.5 Å². The number of carbonyl (C=O) groups is 1. The van der Waals surface area contributed by atoms with Crippen LogP contribution in [0.5, 0.6) is 0 Å². The molecule has 0 spiro atoms. The maximum atomic E-state index is 12.0. The van der Waals surface area contributed by atoms with Crippen molar-refractivity contribution in [2.24, 2.45) is 7.05 Å². The van der Waals surface area contributed by atoms with Crippen molar-refractivity contribution in [3.05, 3.63) is 65.5 Å². The van der Waals surface area contributed by atoms with Gasteiger partial charge in [-0.05, 0) is 36.6 Å². The molecule has 0 bridgehead atoms. The number of hydrogen-bond donors (Lipinski definition) is 1. The molecule has 0 aliphatic carbocycles. The van der Waals surface area contributed by atoms with Crippen LogP contribution in [0, 0.1) is 6.92 Å². The van der Waals surface area contributed by atoms with Crippen LogP contribution >= 0.6 is 0 Å². The molecule has 0 aliphatic rings. The van der Waals surface area contributed by atoms with Gasteiger partial charge in [-0.2, -0.15) is 0 Å². The van der Waals surface area contributed by atoms with Crippen molar-refractivity contribution in [1.82, 2.24) is 14.9 Å². The van der Waals surface area contributed by atoms with E-state index in [0.717, 1.165) is 28.8 Å². The van der Waals surface area contributed by atoms with E-state index in [9.17, 15) is 4.79 Å². The summed E-state index contributed by atoms with van der Waals surface area (Å²) < 4.78 is 2.07. The SMILES string of the molecule is Cc1nc2cc(CNC(=O)CCc3ccccc3)ccc2n1C. The van der Waals surface area contributed by atoms with E-state index in [1.54, 1.807) is 0 Å². The second-order valence-corrected chi connectivity index (χ2v) is 5.80. The van der Waals surface area contributed by atoms with Gasteiger partial charge in [0.15, 0.2) is 0 Å². The molecule has 0 radical (unpaired) electrons. The Morgan fingerprint density at radius 1 is 1.13 bits per heavy atom. The number of imidazole rings is 1. The molecule has 3 rings (SSSR count). The van der Waals surface area contributed by atoms with Gasteiger partial charge in [0, 0.05) is 20.0 Å². The standard InChI is InChI=1S/C19H21N3O/c1-14-21-17-12-16(8-10-18(17)22(14)2)13-20-19(23)11-9-15-6-4-3-5-7-15/h3-8,10,12H,9,11,13H2,1-2H3,(H,20,23). The highest BCUT2D eigenvalue weighted by Gasteiger charge is 2.06. The summed E-state index contributed by atoms with van der Waals surface area (Å²) in [5.41, 5.74) is 4.35. The molecule has 1 aromatic heterocycles. The molecule has 118 valence electrons. The quantitative estimate of drug-likeness (QED) is 0.787. The van der Waals surface area contributed by atoms with Gasteiger partial charge in [-0.1, -0.05) is 36.4 Å². The van der Waals surface area contributed by atoms with Crippen molar-refractivity contribution in [2.75, 3.05) is 0 Å². The molecule has 0 atom stereocenters. The number of nitrogens with zero attached hydrogens (tertiary/aromatic N) is 2. The Morgan fingerprint density at radius 3 is 2.70 bits per heavy atom. The normalized spacial score (nSPS) is 10.9. The average Bonchev–Trinajstić information content (AvgIpc) is 2.86. The van der Waals surface area contributed by atoms with Crippen molar-refractivity contribution in [3.63, 3.8) is 0 Å². The first-order valence-corrected chi connectivity index (χ1v) is 7.86. The van der Waals surface area contributed by atoms with Gasteiger partial charge >= 0.3 is 0 Å². The molecule has 0 saturated heterocycles. The smallest absolute Gasteiger partial charge is 0.220 e. The van der Waals surface area contributed by atoms with Crippen LogP contribution in [0.15, 0.2) is 48.5 Å². The lowest BCUT2D eigenvalue weighted by Crippen LogP contribution is -2.22. The van der Waals surface area contributed by atoms with Crippen molar-refractivity contribution >= 4 is 16.9 Å². The van der Waals surface area contributed by atoms with E-state index in [4.69, 9.17) is 0 Å². The van der Waals surface area contributed by atoms with Gasteiger partial charge in [0.05, 0.1) is 11.0 Å². The predicted octanol–water partition coefficient (Wildman–Crippen LogP) is 3.13. The number of rotatable bonds is 5. The molecule has 4 nitrogen and oxygen atoms in total. The number of benzene rings is 2. The highest BCUT2D eigenvalue weighted by atomic mass is 16.1. The Bertz CT molecular complexity index is 821. The van der Waals surface area contributed by atoms with Crippen molar-refractivity contribution in [2.45, 2.75) is 26.3 Å². The lowest BCUT2D eigenvalue weighted by Gasteiger charge is -2.06. The van der Waals surface area contributed by atoms with Gasteiger partial charge < -0.3 is 9.88 Å². The van der Waals surface area contributed by atoms with E-state index in [0.29, 0.717) is 13.0 Å². The summed E-state index contributed by atoms with van der Waals surface area (Å²) >= 11 is 0. The largest absolute Gasteiger partial charge is 0.352 e. The fourth-order valence-corrected chi connectivity index (χ4v) is 2.67. The molecule has 1 N–H and O–H groups in total. The number of hydrogen-bond acceptors (Lipinski definition) is 2. The third-order valence-electron chi connectivity index (χ3n) is 4.14. The second kappa shape index (κ2) is 6.65. The summed E-state index contributed by atoms with van der Waals surface area (Å²) in [5, 5.41) is 2.98. The van der Waals surface area contributed by atoms with Crippen molar-refractivity contribution in [1.29, 1.82) is 0 Å². The van der Waals surface area contributed by atoms with Gasteiger partial charge in [0.2, 0.25) is 5.91 Å². The van der Waals surface area contributed by atoms with E-state index in [2.05, 4.69) is 20.9 Å². The Labute approximate surface area is 136 Å². The van der Waals surface area contributed by atoms with E-state index in [1.807, 2.05) is 56.4 Å². The average molecular weight is 307 g/mol. The minimum atomic E-state index is 0.0751. The summed E-state index contributed by atoms with van der Waals surface area (Å²) in [5.74, 6) is 1.06. The van der Waals surface area contributed by atoms with Crippen molar-refractivity contribution < 1.29 is 4.79 Å². The number of nitrogens with one attached hydrogen (secondary N) is 1. The molecule has 23 heavy (non-hydrogen) atoms. The Morgan fingerprint density at radius 2 is 1.91 bits per heavy atom. The molecule has 4 heteroatoms. The fraction of sp³-hybridized carbons (Fsp3) is 0.263. The second-order valence-electron chi connectivity index (χ2n) is 5.80. The van der Waals surface area contributed by atoms with Gasteiger partial charge in [0.1, 0.15) is 5.82 Å². The Hall–Kier alpha value is -2.62. The lowest BCUT2D eigenvalue weighted by molar-refractivity contribution is -0.121. The van der Waals surface area contributed by atoms with Crippen LogP contribution in [0.4, 0.5) is 0 Å². The van der Waals surface area contributed by atoms with Gasteiger partial charge in [-0.15, -0.1) is 0 Å². The van der Waals surface area contributed by atoms with Crippen LogP contribution in [0.2, 0.25) is 0 Å². The Balaban J connectivity index is 1.56. The number of fused-ring (bicyclic) bond motifs is 1. The predicted molar refractivity (Wildman–Crippen MR) is 92.1 cm³/mol.